The normalized spacial score (nSPS) is 12.0. The summed E-state index contributed by atoms with van der Waals surface area (Å²) in [4.78, 5) is 0. The second kappa shape index (κ2) is 2.27. The maximum atomic E-state index is 4.32. The van der Waals surface area contributed by atoms with Crippen molar-refractivity contribution in [3.05, 3.63) is 35.0 Å². The van der Waals surface area contributed by atoms with E-state index >= 15 is 0 Å². The van der Waals surface area contributed by atoms with Crippen molar-refractivity contribution in [2.45, 2.75) is 0 Å². The van der Waals surface area contributed by atoms with E-state index in [2.05, 4.69) is 4.25 Å². The van der Waals surface area contributed by atoms with Gasteiger partial charge in [0.1, 0.15) is 0 Å². The number of nitrogens with zero attached hydrogens (tertiary/aromatic N) is 2. The average molecular weight is 193 g/mol. The SMILES string of the molecule is c1ccc2c(c1)=[N][Y][N]=2. The molecule has 0 aliphatic carbocycles. The van der Waals surface area contributed by atoms with Crippen LogP contribution in [0, 0.1) is 0 Å². The minimum atomic E-state index is -0.854. The Morgan fingerprint density at radius 1 is 1.00 bits per heavy atom. The molecule has 1 aliphatic rings. The molecule has 1 aromatic rings. The average Bonchev–Trinajstić information content (AvgIpc) is 2.33. The summed E-state index contributed by atoms with van der Waals surface area (Å²) in [6.45, 7) is 0. The molecule has 3 heteroatoms. The summed E-state index contributed by atoms with van der Waals surface area (Å²) in [5.74, 6) is 0. The fourth-order valence-electron chi connectivity index (χ4n) is 0.836. The van der Waals surface area contributed by atoms with Crippen molar-refractivity contribution in [3.63, 3.8) is 0 Å². The molecule has 0 bridgehead atoms. The van der Waals surface area contributed by atoms with Gasteiger partial charge in [0.15, 0.2) is 0 Å². The van der Waals surface area contributed by atoms with Gasteiger partial charge in [-0.1, -0.05) is 0 Å². The fraction of sp³-hybridized carbons (Fsp3) is 0. The third kappa shape index (κ3) is 0.971. The van der Waals surface area contributed by atoms with Crippen molar-refractivity contribution < 1.29 is 29.9 Å². The molecule has 1 aliphatic heterocycles. The van der Waals surface area contributed by atoms with Crippen molar-refractivity contribution in [2.24, 2.45) is 4.25 Å². The van der Waals surface area contributed by atoms with Crippen LogP contribution in [-0.4, -0.2) is 0 Å². The van der Waals surface area contributed by atoms with Crippen LogP contribution in [0.1, 0.15) is 0 Å². The van der Waals surface area contributed by atoms with Crippen molar-refractivity contribution >= 4 is 0 Å². The van der Waals surface area contributed by atoms with Crippen LogP contribution >= 0.6 is 0 Å². The molecule has 0 radical (unpaired) electrons. The zero-order chi connectivity index (χ0) is 6.10. The Bertz CT molecular complexity index is 298. The van der Waals surface area contributed by atoms with Crippen LogP contribution in [0.2, 0.25) is 0 Å². The molecule has 0 spiro atoms. The monoisotopic (exact) mass is 193 g/mol. The molecule has 1 aromatic carbocycles. The first-order valence-electron chi connectivity index (χ1n) is 2.79. The second-order valence-corrected chi connectivity index (χ2v) is 3.70. The van der Waals surface area contributed by atoms with E-state index in [0.717, 1.165) is 10.7 Å². The van der Waals surface area contributed by atoms with Crippen molar-refractivity contribution in [1.82, 2.24) is 0 Å². The van der Waals surface area contributed by atoms with E-state index in [9.17, 15) is 0 Å². The summed E-state index contributed by atoms with van der Waals surface area (Å²) >= 11 is -0.854. The summed E-state index contributed by atoms with van der Waals surface area (Å²) < 4.78 is 8.65. The Kier molecular flexibility index (Phi) is 1.44. The van der Waals surface area contributed by atoms with Gasteiger partial charge in [0.2, 0.25) is 0 Å². The topological polar surface area (TPSA) is 24.7 Å². The molecule has 2 rings (SSSR count). The first kappa shape index (κ1) is 5.69. The van der Waals surface area contributed by atoms with Crippen LogP contribution in [0.15, 0.2) is 28.5 Å². The number of hydrogen-bond donors (Lipinski definition) is 0. The molecule has 2 nitrogen and oxygen atoms in total. The molecule has 41 valence electrons. The first-order chi connectivity index (χ1) is 4.47. The molecule has 0 aromatic heterocycles. The van der Waals surface area contributed by atoms with Gasteiger partial charge in [-0.3, -0.25) is 0 Å². The second-order valence-electron chi connectivity index (χ2n) is 1.86. The Hall–Kier alpha value is -0.0761. The van der Waals surface area contributed by atoms with Gasteiger partial charge in [-0.2, -0.15) is 0 Å². The van der Waals surface area contributed by atoms with E-state index < -0.39 is 29.9 Å². The van der Waals surface area contributed by atoms with Gasteiger partial charge in [-0.05, 0) is 0 Å². The summed E-state index contributed by atoms with van der Waals surface area (Å²) in [7, 11) is 0. The molecule has 9 heavy (non-hydrogen) atoms. The fourth-order valence-corrected chi connectivity index (χ4v) is 2.66. The summed E-state index contributed by atoms with van der Waals surface area (Å²) in [5.41, 5.74) is 0. The maximum absolute atomic E-state index is 4.32. The van der Waals surface area contributed by atoms with Crippen LogP contribution < -0.4 is 10.7 Å². The molecule has 0 amide bonds. The number of hydrogen-bond acceptors (Lipinski definition) is 2. The van der Waals surface area contributed by atoms with Crippen molar-refractivity contribution in [3.8, 4) is 0 Å². The van der Waals surface area contributed by atoms with Gasteiger partial charge in [-0.25, -0.2) is 0 Å². The van der Waals surface area contributed by atoms with Crippen LogP contribution in [-0.2, 0) is 29.9 Å². The molecule has 0 saturated heterocycles. The molecular weight excluding hydrogens is 189 g/mol. The third-order valence-electron chi connectivity index (χ3n) is 1.28. The standard InChI is InChI=1S/C6H4N2.Y/c7-5-3-1-2-4-6(5)8;/h1-4H;/q-2;+2. The van der Waals surface area contributed by atoms with Crippen molar-refractivity contribution in [1.29, 1.82) is 0 Å². The van der Waals surface area contributed by atoms with E-state index in [1.54, 1.807) is 0 Å². The summed E-state index contributed by atoms with van der Waals surface area (Å²) in [5, 5.41) is 2.22. The molecule has 0 atom stereocenters. The van der Waals surface area contributed by atoms with Gasteiger partial charge in [0.25, 0.3) is 0 Å². The first-order valence-corrected chi connectivity index (χ1v) is 5.33. The Balaban J connectivity index is 2.97. The minimum absolute atomic E-state index is 0.854. The molecule has 0 fully saturated rings. The van der Waals surface area contributed by atoms with Crippen LogP contribution in [0.3, 0.4) is 0 Å². The van der Waals surface area contributed by atoms with Crippen LogP contribution in [0.5, 0.6) is 0 Å². The van der Waals surface area contributed by atoms with Crippen LogP contribution in [0.4, 0.5) is 0 Å². The Morgan fingerprint density at radius 2 is 1.56 bits per heavy atom. The van der Waals surface area contributed by atoms with Gasteiger partial charge < -0.3 is 0 Å². The summed E-state index contributed by atoms with van der Waals surface area (Å²) in [6.07, 6.45) is 0. The van der Waals surface area contributed by atoms with E-state index in [4.69, 9.17) is 0 Å². The van der Waals surface area contributed by atoms with Gasteiger partial charge in [0.05, 0.1) is 0 Å². The van der Waals surface area contributed by atoms with Crippen molar-refractivity contribution in [2.75, 3.05) is 0 Å². The van der Waals surface area contributed by atoms with E-state index in [1.165, 1.54) is 0 Å². The van der Waals surface area contributed by atoms with Gasteiger partial charge in [0, 0.05) is 0 Å². The van der Waals surface area contributed by atoms with Crippen LogP contribution in [0.25, 0.3) is 0 Å². The Morgan fingerprint density at radius 3 is 2.11 bits per heavy atom. The molecule has 1 heterocycles. The molecule has 0 saturated carbocycles. The predicted octanol–water partition coefficient (Wildman–Crippen LogP) is -0.148. The molecule has 0 unspecified atom stereocenters. The number of rotatable bonds is 0. The zero-order valence-corrected chi connectivity index (χ0v) is 7.62. The number of benzene rings is 1. The van der Waals surface area contributed by atoms with Gasteiger partial charge in [-0.15, -0.1) is 0 Å². The molecular formula is C6H4N2Y. The van der Waals surface area contributed by atoms with E-state index in [1.807, 2.05) is 24.3 Å². The van der Waals surface area contributed by atoms with E-state index in [-0.39, 0.29) is 0 Å². The predicted molar refractivity (Wildman–Crippen MR) is 28.8 cm³/mol. The van der Waals surface area contributed by atoms with Gasteiger partial charge >= 0.3 is 69.1 Å². The van der Waals surface area contributed by atoms with E-state index in [0.29, 0.717) is 0 Å². The zero-order valence-electron chi connectivity index (χ0n) is 4.78. The molecule has 0 N–H and O–H groups in total. The number of fused-ring (bicyclic) bond motifs is 1. The Labute approximate surface area is 68.8 Å². The summed E-state index contributed by atoms with van der Waals surface area (Å²) in [6, 6.07) is 8.06. The quantitative estimate of drug-likeness (QED) is 0.547. The third-order valence-corrected chi connectivity index (χ3v) is 3.21.